The zero-order valence-electron chi connectivity index (χ0n) is 25.1. The molecule has 0 radical (unpaired) electrons. The lowest BCUT2D eigenvalue weighted by Crippen LogP contribution is -2.65. The van der Waals surface area contributed by atoms with Crippen LogP contribution in [0.3, 0.4) is 0 Å². The van der Waals surface area contributed by atoms with Gasteiger partial charge in [0, 0.05) is 31.2 Å². The number of fused-ring (bicyclic) bond motifs is 1. The molecule has 1 N–H and O–H groups in total. The maximum absolute atomic E-state index is 14.1. The van der Waals surface area contributed by atoms with Crippen molar-refractivity contribution in [2.24, 2.45) is 11.8 Å². The number of benzene rings is 1. The van der Waals surface area contributed by atoms with Crippen LogP contribution in [-0.4, -0.2) is 69.2 Å². The molecule has 1 saturated heterocycles. The fourth-order valence-electron chi connectivity index (χ4n) is 7.24. The Morgan fingerprint density at radius 2 is 1.70 bits per heavy atom. The molecule has 2 fully saturated rings. The second-order valence-corrected chi connectivity index (χ2v) is 13.1. The van der Waals surface area contributed by atoms with E-state index in [2.05, 4.69) is 55.3 Å². The molecular weight excluding hydrogens is 498 g/mol. The highest BCUT2D eigenvalue weighted by atomic mass is 16.2. The molecule has 0 spiro atoms. The first-order valence-electron chi connectivity index (χ1n) is 15.8. The lowest BCUT2D eigenvalue weighted by Gasteiger charge is -2.44. The van der Waals surface area contributed by atoms with Gasteiger partial charge < -0.3 is 15.1 Å². The quantitative estimate of drug-likeness (QED) is 0.441. The highest BCUT2D eigenvalue weighted by Crippen LogP contribution is 2.31. The molecule has 1 saturated carbocycles. The Labute approximate surface area is 240 Å². The van der Waals surface area contributed by atoms with E-state index in [0.717, 1.165) is 69.4 Å². The zero-order valence-corrected chi connectivity index (χ0v) is 25.1. The Kier molecular flexibility index (Phi) is 8.98. The van der Waals surface area contributed by atoms with Gasteiger partial charge in [-0.3, -0.25) is 14.3 Å². The van der Waals surface area contributed by atoms with Gasteiger partial charge in [0.25, 0.3) is 5.91 Å². The molecule has 0 bridgehead atoms. The van der Waals surface area contributed by atoms with Crippen LogP contribution in [0.25, 0.3) is 11.3 Å². The van der Waals surface area contributed by atoms with Crippen LogP contribution in [0.4, 0.5) is 0 Å². The Hall–Kier alpha value is -2.67. The van der Waals surface area contributed by atoms with Gasteiger partial charge in [-0.05, 0) is 69.0 Å². The number of piperidine rings is 1. The minimum Gasteiger partial charge on any atom is -0.351 e. The van der Waals surface area contributed by atoms with Gasteiger partial charge in [-0.2, -0.15) is 5.10 Å². The molecule has 218 valence electrons. The highest BCUT2D eigenvalue weighted by molar-refractivity contribution is 6.00. The summed E-state index contributed by atoms with van der Waals surface area (Å²) < 4.78 is 1.78. The monoisotopic (exact) mass is 547 g/mol. The van der Waals surface area contributed by atoms with Gasteiger partial charge in [-0.1, -0.05) is 70.7 Å². The smallest absolute Gasteiger partial charge is 0.273 e. The number of nitrogens with zero attached hydrogens (tertiary/aromatic N) is 4. The first kappa shape index (κ1) is 28.8. The molecule has 0 unspecified atom stereocenters. The SMILES string of the molecule is CCc1ccc(-c2cc3n(n2)C[C@](C)(C(=O)NC2CCCCCC2)N(CCCN2C[C@H](C)C[C@H](C)C2)C3=O)cc1. The molecule has 5 rings (SSSR count). The van der Waals surface area contributed by atoms with Crippen molar-refractivity contribution in [2.45, 2.75) is 104 Å². The van der Waals surface area contributed by atoms with Crippen molar-refractivity contribution in [3.05, 3.63) is 41.6 Å². The molecule has 3 atom stereocenters. The average molecular weight is 548 g/mol. The number of hydrogen-bond donors (Lipinski definition) is 1. The number of hydrogen-bond acceptors (Lipinski definition) is 4. The van der Waals surface area contributed by atoms with Gasteiger partial charge >= 0.3 is 0 Å². The average Bonchev–Trinajstić information content (AvgIpc) is 3.18. The minimum absolute atomic E-state index is 0.0389. The van der Waals surface area contributed by atoms with Gasteiger partial charge in [0.05, 0.1) is 12.2 Å². The van der Waals surface area contributed by atoms with Crippen LogP contribution in [0.15, 0.2) is 30.3 Å². The van der Waals surface area contributed by atoms with Crippen molar-refractivity contribution in [1.29, 1.82) is 0 Å². The van der Waals surface area contributed by atoms with Crippen LogP contribution in [0.5, 0.6) is 0 Å². The third-order valence-corrected chi connectivity index (χ3v) is 9.44. The van der Waals surface area contributed by atoms with E-state index in [1.165, 1.54) is 24.8 Å². The van der Waals surface area contributed by atoms with Crippen LogP contribution >= 0.6 is 0 Å². The van der Waals surface area contributed by atoms with Gasteiger partial charge in [0.15, 0.2) is 0 Å². The fourth-order valence-corrected chi connectivity index (χ4v) is 7.24. The summed E-state index contributed by atoms with van der Waals surface area (Å²) >= 11 is 0. The molecule has 3 heterocycles. The first-order valence-corrected chi connectivity index (χ1v) is 15.8. The fraction of sp³-hybridized carbons (Fsp3) is 0.667. The second kappa shape index (κ2) is 12.5. The van der Waals surface area contributed by atoms with E-state index in [-0.39, 0.29) is 17.9 Å². The molecule has 40 heavy (non-hydrogen) atoms. The zero-order chi connectivity index (χ0) is 28.3. The minimum atomic E-state index is -0.978. The van der Waals surface area contributed by atoms with Gasteiger partial charge in [-0.25, -0.2) is 0 Å². The molecule has 2 aliphatic heterocycles. The third-order valence-electron chi connectivity index (χ3n) is 9.44. The highest BCUT2D eigenvalue weighted by Gasteiger charge is 2.48. The van der Waals surface area contributed by atoms with Gasteiger partial charge in [-0.15, -0.1) is 0 Å². The predicted molar refractivity (Wildman–Crippen MR) is 160 cm³/mol. The number of rotatable bonds is 8. The van der Waals surface area contributed by atoms with Crippen molar-refractivity contribution in [2.75, 3.05) is 26.2 Å². The number of nitrogens with one attached hydrogen (secondary N) is 1. The molecule has 2 amide bonds. The van der Waals surface area contributed by atoms with E-state index in [9.17, 15) is 9.59 Å². The molecule has 1 aromatic heterocycles. The second-order valence-electron chi connectivity index (χ2n) is 13.1. The molecule has 7 heteroatoms. The van der Waals surface area contributed by atoms with Crippen molar-refractivity contribution < 1.29 is 9.59 Å². The van der Waals surface area contributed by atoms with E-state index in [4.69, 9.17) is 5.10 Å². The number of likely N-dealkylation sites (tertiary alicyclic amines) is 1. The van der Waals surface area contributed by atoms with Crippen LogP contribution in [-0.2, 0) is 17.8 Å². The maximum Gasteiger partial charge on any atom is 0.273 e. The molecular formula is C33H49N5O2. The summed E-state index contributed by atoms with van der Waals surface area (Å²) in [4.78, 5) is 32.5. The van der Waals surface area contributed by atoms with Crippen LogP contribution < -0.4 is 5.32 Å². The number of amides is 2. The van der Waals surface area contributed by atoms with E-state index < -0.39 is 5.54 Å². The Balaban J connectivity index is 1.38. The van der Waals surface area contributed by atoms with Crippen molar-refractivity contribution in [1.82, 2.24) is 24.9 Å². The number of aromatic nitrogens is 2. The van der Waals surface area contributed by atoms with Crippen molar-refractivity contribution >= 4 is 11.8 Å². The van der Waals surface area contributed by atoms with Crippen molar-refractivity contribution in [3.63, 3.8) is 0 Å². The Bertz CT molecular complexity index is 1160. The maximum atomic E-state index is 14.1. The summed E-state index contributed by atoms with van der Waals surface area (Å²) in [5.41, 5.74) is 2.66. The van der Waals surface area contributed by atoms with Crippen LogP contribution in [0, 0.1) is 11.8 Å². The van der Waals surface area contributed by atoms with Gasteiger partial charge in [0.1, 0.15) is 11.2 Å². The summed E-state index contributed by atoms with van der Waals surface area (Å²) in [5, 5.41) is 8.22. The Morgan fingerprint density at radius 3 is 2.35 bits per heavy atom. The van der Waals surface area contributed by atoms with E-state index in [1.54, 1.807) is 4.68 Å². The summed E-state index contributed by atoms with van der Waals surface area (Å²) in [5.74, 6) is 1.28. The van der Waals surface area contributed by atoms with E-state index in [0.29, 0.717) is 30.6 Å². The lowest BCUT2D eigenvalue weighted by atomic mass is 9.91. The predicted octanol–water partition coefficient (Wildman–Crippen LogP) is 5.53. The van der Waals surface area contributed by atoms with E-state index >= 15 is 0 Å². The molecule has 2 aromatic rings. The number of aryl methyl sites for hydroxylation is 1. The molecule has 1 aromatic carbocycles. The summed E-state index contributed by atoms with van der Waals surface area (Å²) in [6, 6.07) is 10.5. The molecule has 1 aliphatic carbocycles. The van der Waals surface area contributed by atoms with Crippen molar-refractivity contribution in [3.8, 4) is 11.3 Å². The summed E-state index contributed by atoms with van der Waals surface area (Å²) in [7, 11) is 0. The molecule has 3 aliphatic rings. The topological polar surface area (TPSA) is 70.5 Å². The number of carbonyl (C=O) groups excluding carboxylic acids is 2. The largest absolute Gasteiger partial charge is 0.351 e. The normalized spacial score (nSPS) is 26.4. The lowest BCUT2D eigenvalue weighted by molar-refractivity contribution is -0.134. The standard InChI is InChI=1S/C33H49N5O2/c1-5-26-13-15-27(16-14-26)29-20-30-31(39)37(18-10-17-36-21-24(2)19-25(3)22-36)33(4,23-38(30)35-29)32(40)34-28-11-8-6-7-9-12-28/h13-16,20,24-25,28H,5-12,17-19,21-23H2,1-4H3,(H,34,40)/t24-,25+,33-/m1/s1. The number of carbonyl (C=O) groups is 2. The summed E-state index contributed by atoms with van der Waals surface area (Å²) in [6.45, 7) is 12.9. The van der Waals surface area contributed by atoms with Crippen LogP contribution in [0.1, 0.15) is 95.1 Å². The van der Waals surface area contributed by atoms with Gasteiger partial charge in [0.2, 0.25) is 5.91 Å². The summed E-state index contributed by atoms with van der Waals surface area (Å²) in [6.07, 6.45) is 9.95. The Morgan fingerprint density at radius 1 is 1.02 bits per heavy atom. The molecule has 7 nitrogen and oxygen atoms in total. The van der Waals surface area contributed by atoms with Crippen LogP contribution in [0.2, 0.25) is 0 Å². The third kappa shape index (κ3) is 6.29. The first-order chi connectivity index (χ1) is 19.3. The van der Waals surface area contributed by atoms with E-state index in [1.807, 2.05) is 17.9 Å².